The van der Waals surface area contributed by atoms with Crippen LogP contribution in [0.15, 0.2) is 35.7 Å². The van der Waals surface area contributed by atoms with Crippen LogP contribution in [0, 0.1) is 0 Å². The van der Waals surface area contributed by atoms with E-state index in [1.54, 1.807) is 11.3 Å². The van der Waals surface area contributed by atoms with Crippen molar-refractivity contribution in [3.05, 3.63) is 57.3 Å². The van der Waals surface area contributed by atoms with E-state index in [4.69, 9.17) is 5.73 Å². The van der Waals surface area contributed by atoms with Crippen LogP contribution in [0.5, 0.6) is 0 Å². The predicted octanol–water partition coefficient (Wildman–Crippen LogP) is 4.12. The Kier molecular flexibility index (Phi) is 4.56. The van der Waals surface area contributed by atoms with Crippen LogP contribution in [0.2, 0.25) is 0 Å². The molecule has 2 heteroatoms. The molecule has 2 N–H and O–H groups in total. The number of benzene rings is 1. The van der Waals surface area contributed by atoms with Gasteiger partial charge in [-0.1, -0.05) is 38.1 Å². The number of aryl methyl sites for hydroxylation is 2. The van der Waals surface area contributed by atoms with Crippen molar-refractivity contribution in [1.82, 2.24) is 0 Å². The maximum atomic E-state index is 6.33. The van der Waals surface area contributed by atoms with Crippen molar-refractivity contribution < 1.29 is 0 Å². The molecule has 0 saturated heterocycles. The monoisotopic (exact) mass is 259 g/mol. The highest BCUT2D eigenvalue weighted by atomic mass is 32.1. The summed E-state index contributed by atoms with van der Waals surface area (Å²) >= 11 is 1.78. The molecule has 1 heterocycles. The first kappa shape index (κ1) is 13.3. The Balaban J connectivity index is 2.08. The van der Waals surface area contributed by atoms with Crippen molar-refractivity contribution in [3.8, 4) is 0 Å². The standard InChI is InChI=1S/C16H21NS/c1-3-12-5-7-13(8-6-12)11-15(17)16-14(4-2)9-10-18-16/h5-10,15H,3-4,11,17H2,1-2H3. The van der Waals surface area contributed by atoms with Crippen LogP contribution < -0.4 is 5.73 Å². The summed E-state index contributed by atoms with van der Waals surface area (Å²) < 4.78 is 0. The molecule has 0 bridgehead atoms. The fourth-order valence-electron chi connectivity index (χ4n) is 2.22. The lowest BCUT2D eigenvalue weighted by molar-refractivity contribution is 0.727. The zero-order valence-electron chi connectivity index (χ0n) is 11.1. The van der Waals surface area contributed by atoms with Gasteiger partial charge in [0.05, 0.1) is 0 Å². The molecule has 2 aromatic rings. The van der Waals surface area contributed by atoms with Crippen LogP contribution in [-0.2, 0) is 19.3 Å². The van der Waals surface area contributed by atoms with E-state index in [0.29, 0.717) is 0 Å². The van der Waals surface area contributed by atoms with E-state index in [1.165, 1.54) is 21.6 Å². The number of nitrogens with two attached hydrogens (primary N) is 1. The number of rotatable bonds is 5. The molecular formula is C16H21NS. The van der Waals surface area contributed by atoms with Crippen LogP contribution in [0.3, 0.4) is 0 Å². The molecule has 0 amide bonds. The van der Waals surface area contributed by atoms with Gasteiger partial charge >= 0.3 is 0 Å². The molecule has 1 unspecified atom stereocenters. The van der Waals surface area contributed by atoms with Crippen molar-refractivity contribution in [1.29, 1.82) is 0 Å². The topological polar surface area (TPSA) is 26.0 Å². The van der Waals surface area contributed by atoms with Crippen molar-refractivity contribution in [2.45, 2.75) is 39.2 Å². The van der Waals surface area contributed by atoms with Gasteiger partial charge in [0, 0.05) is 10.9 Å². The Bertz CT molecular complexity index is 484. The average Bonchev–Trinajstić information content (AvgIpc) is 2.88. The van der Waals surface area contributed by atoms with Crippen LogP contribution >= 0.6 is 11.3 Å². The molecule has 0 radical (unpaired) electrons. The second kappa shape index (κ2) is 6.17. The van der Waals surface area contributed by atoms with Crippen molar-refractivity contribution in [2.24, 2.45) is 5.73 Å². The summed E-state index contributed by atoms with van der Waals surface area (Å²) in [6.07, 6.45) is 3.09. The highest BCUT2D eigenvalue weighted by molar-refractivity contribution is 7.10. The third-order valence-electron chi connectivity index (χ3n) is 3.39. The normalized spacial score (nSPS) is 12.6. The van der Waals surface area contributed by atoms with E-state index < -0.39 is 0 Å². The van der Waals surface area contributed by atoms with E-state index >= 15 is 0 Å². The van der Waals surface area contributed by atoms with E-state index in [2.05, 4.69) is 49.6 Å². The molecule has 0 fully saturated rings. The zero-order valence-corrected chi connectivity index (χ0v) is 12.0. The fraction of sp³-hybridized carbons (Fsp3) is 0.375. The molecule has 2 rings (SSSR count). The first-order chi connectivity index (χ1) is 8.74. The molecular weight excluding hydrogens is 238 g/mol. The van der Waals surface area contributed by atoms with Crippen LogP contribution in [0.4, 0.5) is 0 Å². The summed E-state index contributed by atoms with van der Waals surface area (Å²) in [6, 6.07) is 11.2. The summed E-state index contributed by atoms with van der Waals surface area (Å²) in [5, 5.41) is 2.15. The van der Waals surface area contributed by atoms with Gasteiger partial charge in [-0.05, 0) is 47.4 Å². The Labute approximate surface area is 114 Å². The number of thiophene rings is 1. The van der Waals surface area contributed by atoms with Crippen molar-refractivity contribution in [3.63, 3.8) is 0 Å². The maximum Gasteiger partial charge on any atom is 0.0433 e. The van der Waals surface area contributed by atoms with E-state index in [-0.39, 0.29) is 6.04 Å². The molecule has 0 aliphatic carbocycles. The maximum absolute atomic E-state index is 6.33. The van der Waals surface area contributed by atoms with Crippen LogP contribution in [0.25, 0.3) is 0 Å². The van der Waals surface area contributed by atoms with Gasteiger partial charge in [-0.2, -0.15) is 0 Å². The Morgan fingerprint density at radius 2 is 1.67 bits per heavy atom. The lowest BCUT2D eigenvalue weighted by atomic mass is 10.0. The molecule has 0 aliphatic rings. The molecule has 18 heavy (non-hydrogen) atoms. The second-order valence-corrected chi connectivity index (χ2v) is 5.59. The SMILES string of the molecule is CCc1ccc(CC(N)c2sccc2CC)cc1. The minimum Gasteiger partial charge on any atom is -0.323 e. The summed E-state index contributed by atoms with van der Waals surface area (Å²) in [7, 11) is 0. The zero-order chi connectivity index (χ0) is 13.0. The van der Waals surface area contributed by atoms with Gasteiger partial charge in [-0.15, -0.1) is 11.3 Å². The number of hydrogen-bond donors (Lipinski definition) is 1. The van der Waals surface area contributed by atoms with Crippen LogP contribution in [0.1, 0.15) is 41.5 Å². The average molecular weight is 259 g/mol. The van der Waals surface area contributed by atoms with Crippen molar-refractivity contribution >= 4 is 11.3 Å². The summed E-state index contributed by atoms with van der Waals surface area (Å²) in [5.41, 5.74) is 10.4. The Hall–Kier alpha value is -1.12. The smallest absolute Gasteiger partial charge is 0.0433 e. The van der Waals surface area contributed by atoms with Gasteiger partial charge in [0.15, 0.2) is 0 Å². The van der Waals surface area contributed by atoms with Crippen LogP contribution in [-0.4, -0.2) is 0 Å². The molecule has 0 spiro atoms. The fourth-order valence-corrected chi connectivity index (χ4v) is 3.22. The van der Waals surface area contributed by atoms with E-state index in [1.807, 2.05) is 0 Å². The van der Waals surface area contributed by atoms with Gasteiger partial charge < -0.3 is 5.73 Å². The first-order valence-electron chi connectivity index (χ1n) is 6.64. The summed E-state index contributed by atoms with van der Waals surface area (Å²) in [4.78, 5) is 1.34. The second-order valence-electron chi connectivity index (χ2n) is 4.64. The highest BCUT2D eigenvalue weighted by Gasteiger charge is 2.12. The molecule has 1 aromatic heterocycles. The van der Waals surface area contributed by atoms with Crippen molar-refractivity contribution in [2.75, 3.05) is 0 Å². The van der Waals surface area contributed by atoms with Gasteiger partial charge in [0.25, 0.3) is 0 Å². The van der Waals surface area contributed by atoms with E-state index in [9.17, 15) is 0 Å². The summed E-state index contributed by atoms with van der Waals surface area (Å²) in [6.45, 7) is 4.37. The third kappa shape index (κ3) is 3.01. The predicted molar refractivity (Wildman–Crippen MR) is 80.1 cm³/mol. The lowest BCUT2D eigenvalue weighted by Gasteiger charge is -2.12. The van der Waals surface area contributed by atoms with Gasteiger partial charge in [-0.3, -0.25) is 0 Å². The molecule has 1 aromatic carbocycles. The minimum absolute atomic E-state index is 0.132. The molecule has 1 atom stereocenters. The lowest BCUT2D eigenvalue weighted by Crippen LogP contribution is -2.13. The Morgan fingerprint density at radius 1 is 1.00 bits per heavy atom. The van der Waals surface area contributed by atoms with E-state index in [0.717, 1.165) is 19.3 Å². The quantitative estimate of drug-likeness (QED) is 0.859. The molecule has 1 nitrogen and oxygen atoms in total. The third-order valence-corrected chi connectivity index (χ3v) is 4.48. The largest absolute Gasteiger partial charge is 0.323 e. The highest BCUT2D eigenvalue weighted by Crippen LogP contribution is 2.26. The molecule has 96 valence electrons. The minimum atomic E-state index is 0.132. The van der Waals surface area contributed by atoms with Gasteiger partial charge in [-0.25, -0.2) is 0 Å². The number of hydrogen-bond acceptors (Lipinski definition) is 2. The molecule has 0 saturated carbocycles. The molecule has 0 aliphatic heterocycles. The Morgan fingerprint density at radius 3 is 2.28 bits per heavy atom. The first-order valence-corrected chi connectivity index (χ1v) is 7.52. The van der Waals surface area contributed by atoms with Gasteiger partial charge in [0.2, 0.25) is 0 Å². The summed E-state index contributed by atoms with van der Waals surface area (Å²) in [5.74, 6) is 0. The van der Waals surface area contributed by atoms with Gasteiger partial charge in [0.1, 0.15) is 0 Å².